The van der Waals surface area contributed by atoms with E-state index in [0.29, 0.717) is 11.3 Å². The van der Waals surface area contributed by atoms with Crippen LogP contribution >= 0.6 is 11.8 Å². The van der Waals surface area contributed by atoms with Crippen LogP contribution in [-0.2, 0) is 0 Å². The van der Waals surface area contributed by atoms with Crippen LogP contribution in [0, 0.1) is 11.3 Å². The Morgan fingerprint density at radius 1 is 1.38 bits per heavy atom. The fourth-order valence-corrected chi connectivity index (χ4v) is 2.94. The van der Waals surface area contributed by atoms with Gasteiger partial charge in [-0.15, -0.1) is 0 Å². The van der Waals surface area contributed by atoms with Crippen molar-refractivity contribution >= 4 is 11.8 Å². The zero-order chi connectivity index (χ0) is 9.57. The van der Waals surface area contributed by atoms with Gasteiger partial charge in [0, 0.05) is 11.3 Å². The summed E-state index contributed by atoms with van der Waals surface area (Å²) in [5, 5.41) is 11.6. The van der Waals surface area contributed by atoms with E-state index < -0.39 is 0 Å². The van der Waals surface area contributed by atoms with E-state index in [1.54, 1.807) is 0 Å². The first-order chi connectivity index (χ1) is 6.33. The number of thioether (sulfide) groups is 1. The van der Waals surface area contributed by atoms with Gasteiger partial charge in [-0.1, -0.05) is 19.3 Å². The molecule has 1 saturated carbocycles. The van der Waals surface area contributed by atoms with Crippen molar-refractivity contribution in [2.75, 3.05) is 19.3 Å². The van der Waals surface area contributed by atoms with Crippen molar-refractivity contribution in [2.45, 2.75) is 36.9 Å². The van der Waals surface area contributed by atoms with Crippen LogP contribution in [-0.4, -0.2) is 24.1 Å². The molecule has 74 valence electrons. The topological polar surface area (TPSA) is 35.8 Å². The van der Waals surface area contributed by atoms with Gasteiger partial charge in [-0.25, -0.2) is 0 Å². The lowest BCUT2D eigenvalue weighted by Crippen LogP contribution is -2.39. The van der Waals surface area contributed by atoms with E-state index in [2.05, 4.69) is 17.6 Å². The molecule has 0 aromatic carbocycles. The first kappa shape index (κ1) is 10.9. The average molecular weight is 198 g/mol. The lowest BCUT2D eigenvalue weighted by Gasteiger charge is -2.35. The second-order valence-electron chi connectivity index (χ2n) is 3.71. The van der Waals surface area contributed by atoms with Crippen LogP contribution in [0.5, 0.6) is 0 Å². The van der Waals surface area contributed by atoms with Crippen molar-refractivity contribution in [3.05, 3.63) is 0 Å². The van der Waals surface area contributed by atoms with E-state index in [0.717, 1.165) is 6.54 Å². The molecule has 1 fully saturated rings. The Morgan fingerprint density at radius 3 is 2.62 bits per heavy atom. The number of hydrogen-bond acceptors (Lipinski definition) is 3. The highest BCUT2D eigenvalue weighted by molar-refractivity contribution is 8.00. The minimum Gasteiger partial charge on any atom is -0.303 e. The van der Waals surface area contributed by atoms with Gasteiger partial charge in [0.1, 0.15) is 0 Å². The summed E-state index contributed by atoms with van der Waals surface area (Å²) in [5.74, 6) is 0. The highest BCUT2D eigenvalue weighted by atomic mass is 32.2. The summed E-state index contributed by atoms with van der Waals surface area (Å²) >= 11 is 1.97. The van der Waals surface area contributed by atoms with Crippen LogP contribution in [0.4, 0.5) is 0 Å². The molecule has 1 rings (SSSR count). The maximum atomic E-state index is 8.43. The molecule has 2 nitrogen and oxygen atoms in total. The van der Waals surface area contributed by atoms with E-state index in [1.807, 2.05) is 11.8 Å². The minimum absolute atomic E-state index is 0.426. The Labute approximate surface area is 85.1 Å². The molecule has 0 spiro atoms. The third-order valence-electron chi connectivity index (χ3n) is 2.85. The molecular weight excluding hydrogens is 180 g/mol. The summed E-state index contributed by atoms with van der Waals surface area (Å²) in [6, 6.07) is 2.13. The molecule has 0 aromatic rings. The molecule has 0 aliphatic heterocycles. The predicted molar refractivity (Wildman–Crippen MR) is 57.8 cm³/mol. The molecule has 0 saturated heterocycles. The largest absolute Gasteiger partial charge is 0.303 e. The van der Waals surface area contributed by atoms with Gasteiger partial charge in [0.15, 0.2) is 0 Å². The van der Waals surface area contributed by atoms with Crippen LogP contribution in [0.3, 0.4) is 0 Å². The second-order valence-corrected chi connectivity index (χ2v) is 4.98. The number of nitrogens with one attached hydrogen (secondary N) is 1. The standard InChI is InChI=1S/C10H18N2S/c1-13-10(9-12-8-7-11)5-3-2-4-6-10/h12H,2-6,8-9H2,1H3. The van der Waals surface area contributed by atoms with Crippen molar-refractivity contribution in [1.82, 2.24) is 5.32 Å². The molecule has 0 radical (unpaired) electrons. The Balaban J connectivity index is 2.34. The molecule has 0 amide bonds. The Morgan fingerprint density at radius 2 is 2.08 bits per heavy atom. The van der Waals surface area contributed by atoms with Gasteiger partial charge in [0.05, 0.1) is 12.6 Å². The van der Waals surface area contributed by atoms with E-state index in [4.69, 9.17) is 5.26 Å². The smallest absolute Gasteiger partial charge is 0.0841 e. The van der Waals surface area contributed by atoms with Crippen LogP contribution in [0.2, 0.25) is 0 Å². The van der Waals surface area contributed by atoms with Crippen LogP contribution in [0.25, 0.3) is 0 Å². The molecule has 0 unspecified atom stereocenters. The van der Waals surface area contributed by atoms with Crippen LogP contribution in [0.1, 0.15) is 32.1 Å². The molecule has 13 heavy (non-hydrogen) atoms. The van der Waals surface area contributed by atoms with Gasteiger partial charge < -0.3 is 5.32 Å². The Hall–Kier alpha value is -0.200. The number of rotatable bonds is 4. The molecule has 0 atom stereocenters. The van der Waals surface area contributed by atoms with Crippen molar-refractivity contribution in [3.63, 3.8) is 0 Å². The maximum Gasteiger partial charge on any atom is 0.0841 e. The first-order valence-corrected chi connectivity index (χ1v) is 6.18. The summed E-state index contributed by atoms with van der Waals surface area (Å²) < 4.78 is 0.426. The number of nitrogens with zero attached hydrogens (tertiary/aromatic N) is 1. The SMILES string of the molecule is CSC1(CNCC#N)CCCCC1. The molecular formula is C10H18N2S. The van der Waals surface area contributed by atoms with Gasteiger partial charge >= 0.3 is 0 Å². The van der Waals surface area contributed by atoms with Gasteiger partial charge in [0.25, 0.3) is 0 Å². The maximum absolute atomic E-state index is 8.43. The monoisotopic (exact) mass is 198 g/mol. The molecule has 0 bridgehead atoms. The van der Waals surface area contributed by atoms with Gasteiger partial charge in [0.2, 0.25) is 0 Å². The van der Waals surface area contributed by atoms with Crippen molar-refractivity contribution < 1.29 is 0 Å². The highest BCUT2D eigenvalue weighted by Gasteiger charge is 2.30. The molecule has 0 heterocycles. The van der Waals surface area contributed by atoms with Gasteiger partial charge in [-0.05, 0) is 19.1 Å². The van der Waals surface area contributed by atoms with E-state index in [1.165, 1.54) is 32.1 Å². The van der Waals surface area contributed by atoms with E-state index >= 15 is 0 Å². The van der Waals surface area contributed by atoms with Gasteiger partial charge in [-0.2, -0.15) is 17.0 Å². The zero-order valence-corrected chi connectivity index (χ0v) is 9.12. The Bertz CT molecular complexity index is 180. The molecule has 1 N–H and O–H groups in total. The predicted octanol–water partition coefficient (Wildman–Crippen LogP) is 2.17. The second kappa shape index (κ2) is 5.51. The fourth-order valence-electron chi connectivity index (χ4n) is 2.00. The summed E-state index contributed by atoms with van der Waals surface area (Å²) in [6.45, 7) is 1.49. The number of hydrogen-bond donors (Lipinski definition) is 1. The lowest BCUT2D eigenvalue weighted by atomic mass is 9.88. The third-order valence-corrected chi connectivity index (χ3v) is 4.27. The highest BCUT2D eigenvalue weighted by Crippen LogP contribution is 2.37. The van der Waals surface area contributed by atoms with Crippen LogP contribution < -0.4 is 5.32 Å². The van der Waals surface area contributed by atoms with Crippen molar-refractivity contribution in [3.8, 4) is 6.07 Å². The summed E-state index contributed by atoms with van der Waals surface area (Å²) in [4.78, 5) is 0. The first-order valence-electron chi connectivity index (χ1n) is 4.96. The quantitative estimate of drug-likeness (QED) is 0.555. The molecule has 1 aliphatic carbocycles. The van der Waals surface area contributed by atoms with Gasteiger partial charge in [-0.3, -0.25) is 0 Å². The summed E-state index contributed by atoms with van der Waals surface area (Å²) in [5.41, 5.74) is 0. The minimum atomic E-state index is 0.426. The summed E-state index contributed by atoms with van der Waals surface area (Å²) in [6.07, 6.45) is 8.92. The van der Waals surface area contributed by atoms with E-state index in [-0.39, 0.29) is 0 Å². The third kappa shape index (κ3) is 3.21. The lowest BCUT2D eigenvalue weighted by molar-refractivity contribution is 0.385. The number of nitriles is 1. The van der Waals surface area contributed by atoms with Crippen molar-refractivity contribution in [2.24, 2.45) is 0 Å². The fraction of sp³-hybridized carbons (Fsp3) is 0.900. The molecule has 1 aliphatic rings. The summed E-state index contributed by atoms with van der Waals surface area (Å²) in [7, 11) is 0. The molecule has 3 heteroatoms. The Kier molecular flexibility index (Phi) is 4.61. The van der Waals surface area contributed by atoms with Crippen molar-refractivity contribution in [1.29, 1.82) is 5.26 Å². The normalized spacial score (nSPS) is 20.9. The average Bonchev–Trinajstić information content (AvgIpc) is 2.20. The zero-order valence-electron chi connectivity index (χ0n) is 8.31. The van der Waals surface area contributed by atoms with E-state index in [9.17, 15) is 0 Å². The molecule has 0 aromatic heterocycles. The van der Waals surface area contributed by atoms with Crippen LogP contribution in [0.15, 0.2) is 0 Å².